The van der Waals surface area contributed by atoms with Crippen LogP contribution >= 0.6 is 11.6 Å². The normalized spacial score (nSPS) is 18.6. The van der Waals surface area contributed by atoms with Gasteiger partial charge in [0.1, 0.15) is 11.7 Å². The van der Waals surface area contributed by atoms with Crippen molar-refractivity contribution in [3.8, 4) is 0 Å². The van der Waals surface area contributed by atoms with Crippen molar-refractivity contribution in [2.45, 2.75) is 6.04 Å². The van der Waals surface area contributed by atoms with E-state index in [9.17, 15) is 9.18 Å². The molecule has 5 nitrogen and oxygen atoms in total. The van der Waals surface area contributed by atoms with Crippen molar-refractivity contribution in [3.05, 3.63) is 58.3 Å². The van der Waals surface area contributed by atoms with Gasteiger partial charge in [-0.15, -0.1) is 0 Å². The Kier molecular flexibility index (Phi) is 3.54. The number of nitrogens with one attached hydrogen (secondary N) is 2. The van der Waals surface area contributed by atoms with Crippen molar-refractivity contribution in [3.63, 3.8) is 0 Å². The summed E-state index contributed by atoms with van der Waals surface area (Å²) in [5, 5.41) is 3.57. The molecule has 0 amide bonds. The number of dihydropyridines is 1. The lowest BCUT2D eigenvalue weighted by molar-refractivity contribution is -0.136. The molecule has 22 heavy (non-hydrogen) atoms. The van der Waals surface area contributed by atoms with Crippen molar-refractivity contribution in [1.82, 2.24) is 10.3 Å². The first-order valence-electron chi connectivity index (χ1n) is 6.50. The third kappa shape index (κ3) is 2.21. The second-order valence-corrected chi connectivity index (χ2v) is 5.22. The number of hydrogen-bond acceptors (Lipinski definition) is 4. The second-order valence-electron chi connectivity index (χ2n) is 4.84. The molecule has 1 aliphatic heterocycles. The first kappa shape index (κ1) is 14.5. The van der Waals surface area contributed by atoms with Crippen LogP contribution in [0.4, 0.5) is 4.39 Å². The molecule has 0 spiro atoms. The van der Waals surface area contributed by atoms with Crippen molar-refractivity contribution in [1.29, 1.82) is 0 Å². The highest BCUT2D eigenvalue weighted by atomic mass is 35.5. The van der Waals surface area contributed by atoms with E-state index in [1.165, 1.54) is 7.11 Å². The number of ether oxygens (including phenoxy) is 1. The predicted molar refractivity (Wildman–Crippen MR) is 81.4 cm³/mol. The van der Waals surface area contributed by atoms with Gasteiger partial charge in [-0.3, -0.25) is 0 Å². The molecule has 2 heterocycles. The van der Waals surface area contributed by atoms with E-state index in [0.29, 0.717) is 5.56 Å². The van der Waals surface area contributed by atoms with Crippen molar-refractivity contribution in [2.24, 2.45) is 5.73 Å². The zero-order chi connectivity index (χ0) is 15.9. The number of carbonyl (C=O) groups excluding carboxylic acids is 1. The summed E-state index contributed by atoms with van der Waals surface area (Å²) in [7, 11) is 1.21. The average molecular weight is 322 g/mol. The Labute approximate surface area is 130 Å². The minimum absolute atomic E-state index is 0.0559. The van der Waals surface area contributed by atoms with Gasteiger partial charge in [0.2, 0.25) is 0 Å². The van der Waals surface area contributed by atoms with Crippen molar-refractivity contribution < 1.29 is 13.9 Å². The number of rotatable bonds is 2. The van der Waals surface area contributed by atoms with E-state index in [2.05, 4.69) is 15.0 Å². The van der Waals surface area contributed by atoms with Crippen molar-refractivity contribution >= 4 is 28.5 Å². The van der Waals surface area contributed by atoms with E-state index in [0.717, 1.165) is 10.9 Å². The van der Waals surface area contributed by atoms with Crippen LogP contribution in [0.15, 0.2) is 52.7 Å². The molecule has 1 aromatic carbocycles. The lowest BCUT2D eigenvalue weighted by Gasteiger charge is -2.26. The Morgan fingerprint density at radius 3 is 2.91 bits per heavy atom. The van der Waals surface area contributed by atoms with Gasteiger partial charge in [-0.25, -0.2) is 9.18 Å². The fourth-order valence-electron chi connectivity index (χ4n) is 2.39. The summed E-state index contributed by atoms with van der Waals surface area (Å²) in [5.74, 6) is -1.34. The first-order valence-corrected chi connectivity index (χ1v) is 6.88. The summed E-state index contributed by atoms with van der Waals surface area (Å²) < 4.78 is 19.1. The van der Waals surface area contributed by atoms with Gasteiger partial charge in [0, 0.05) is 11.7 Å². The zero-order valence-electron chi connectivity index (χ0n) is 11.6. The molecule has 1 aromatic heterocycles. The van der Waals surface area contributed by atoms with E-state index in [1.807, 2.05) is 12.1 Å². The molecule has 0 saturated carbocycles. The summed E-state index contributed by atoms with van der Waals surface area (Å²) in [6.45, 7) is 0. The van der Waals surface area contributed by atoms with Gasteiger partial charge in [0.15, 0.2) is 5.83 Å². The zero-order valence-corrected chi connectivity index (χ0v) is 12.4. The highest BCUT2D eigenvalue weighted by molar-refractivity contribution is 6.34. The number of esters is 1. The number of benzene rings is 1. The maximum Gasteiger partial charge on any atom is 0.355 e. The fourth-order valence-corrected chi connectivity index (χ4v) is 2.61. The van der Waals surface area contributed by atoms with Crippen LogP contribution in [-0.2, 0) is 9.53 Å². The largest absolute Gasteiger partial charge is 0.464 e. The Hall–Kier alpha value is -2.47. The summed E-state index contributed by atoms with van der Waals surface area (Å²) in [6.07, 6.45) is 1.79. The van der Waals surface area contributed by atoms with E-state index in [-0.39, 0.29) is 16.4 Å². The molecule has 0 radical (unpaired) electrons. The molecule has 0 fully saturated rings. The quantitative estimate of drug-likeness (QED) is 0.743. The van der Waals surface area contributed by atoms with Crippen LogP contribution in [0.5, 0.6) is 0 Å². The maximum atomic E-state index is 14.5. The maximum absolute atomic E-state index is 14.5. The van der Waals surface area contributed by atoms with Gasteiger partial charge in [0.05, 0.1) is 17.8 Å². The number of hydrogen-bond donors (Lipinski definition) is 3. The molecule has 1 aliphatic rings. The second kappa shape index (κ2) is 5.38. The summed E-state index contributed by atoms with van der Waals surface area (Å²) in [4.78, 5) is 14.8. The standard InChI is InChI=1S/C15H13ClFN3O2/c1-22-15(21)14-10(16)12(18)11(17)13(20-14)8-3-2-7-4-5-19-9(7)6-8/h2-6,13,19-20H,18H2,1H3. The number of aromatic amines is 1. The predicted octanol–water partition coefficient (Wildman–Crippen LogP) is 2.58. The molecule has 1 unspecified atom stereocenters. The SMILES string of the molecule is COC(=O)C1=C(Cl)C(N)=C(F)C(c2ccc3cc[nH]c3c2)N1. The van der Waals surface area contributed by atoms with Crippen LogP contribution in [0.2, 0.25) is 0 Å². The summed E-state index contributed by atoms with van der Waals surface area (Å²) in [6, 6.07) is 6.40. The summed E-state index contributed by atoms with van der Waals surface area (Å²) >= 11 is 5.92. The molecule has 3 rings (SSSR count). The van der Waals surface area contributed by atoms with Crippen LogP contribution in [0.1, 0.15) is 11.6 Å². The third-order valence-corrected chi connectivity index (χ3v) is 3.95. The highest BCUT2D eigenvalue weighted by Crippen LogP contribution is 2.35. The first-order chi connectivity index (χ1) is 10.5. The number of allylic oxidation sites excluding steroid dienone is 1. The molecular formula is C15H13ClFN3O2. The minimum Gasteiger partial charge on any atom is -0.464 e. The Bertz CT molecular complexity index is 825. The van der Waals surface area contributed by atoms with Crippen LogP contribution in [0, 0.1) is 0 Å². The molecule has 7 heteroatoms. The molecule has 114 valence electrons. The number of nitrogens with two attached hydrogens (primary N) is 1. The Balaban J connectivity index is 2.06. The topological polar surface area (TPSA) is 80.1 Å². The average Bonchev–Trinajstić information content (AvgIpc) is 2.99. The lowest BCUT2D eigenvalue weighted by atomic mass is 10.00. The number of aromatic nitrogens is 1. The van der Waals surface area contributed by atoms with Gasteiger partial charge >= 0.3 is 5.97 Å². The minimum atomic E-state index is -0.899. The molecule has 2 aromatic rings. The van der Waals surface area contributed by atoms with Gasteiger partial charge in [-0.2, -0.15) is 0 Å². The fraction of sp³-hybridized carbons (Fsp3) is 0.133. The van der Waals surface area contributed by atoms with Crippen molar-refractivity contribution in [2.75, 3.05) is 7.11 Å². The number of fused-ring (bicyclic) bond motifs is 1. The molecule has 0 saturated heterocycles. The monoisotopic (exact) mass is 321 g/mol. The number of H-pyrrole nitrogens is 1. The van der Waals surface area contributed by atoms with E-state index >= 15 is 0 Å². The van der Waals surface area contributed by atoms with Crippen LogP contribution < -0.4 is 11.1 Å². The van der Waals surface area contributed by atoms with Gasteiger partial charge in [0.25, 0.3) is 0 Å². The highest BCUT2D eigenvalue weighted by Gasteiger charge is 2.32. The number of carbonyl (C=O) groups is 1. The van der Waals surface area contributed by atoms with E-state index in [1.54, 1.807) is 18.3 Å². The number of methoxy groups -OCH3 is 1. The molecule has 0 bridgehead atoms. The van der Waals surface area contributed by atoms with Crippen LogP contribution in [-0.4, -0.2) is 18.1 Å². The lowest BCUT2D eigenvalue weighted by Crippen LogP contribution is -2.33. The number of halogens is 2. The Morgan fingerprint density at radius 2 is 2.18 bits per heavy atom. The summed E-state index contributed by atoms with van der Waals surface area (Å²) in [5.41, 5.74) is 6.83. The van der Waals surface area contributed by atoms with Gasteiger partial charge < -0.3 is 20.8 Å². The molecular weight excluding hydrogens is 309 g/mol. The molecule has 4 N–H and O–H groups in total. The van der Waals surface area contributed by atoms with E-state index < -0.39 is 17.8 Å². The smallest absolute Gasteiger partial charge is 0.355 e. The van der Waals surface area contributed by atoms with Crippen LogP contribution in [0.25, 0.3) is 10.9 Å². The molecule has 1 atom stereocenters. The van der Waals surface area contributed by atoms with Crippen LogP contribution in [0.3, 0.4) is 0 Å². The Morgan fingerprint density at radius 1 is 1.41 bits per heavy atom. The third-order valence-electron chi connectivity index (χ3n) is 3.56. The van der Waals surface area contributed by atoms with Gasteiger partial charge in [-0.05, 0) is 23.1 Å². The van der Waals surface area contributed by atoms with E-state index in [4.69, 9.17) is 17.3 Å². The van der Waals surface area contributed by atoms with Gasteiger partial charge in [-0.1, -0.05) is 23.7 Å². The molecule has 0 aliphatic carbocycles.